The molecular formula is C12H18ClNS. The minimum absolute atomic E-state index is 0.716. The van der Waals surface area contributed by atoms with Gasteiger partial charge in [-0.3, -0.25) is 0 Å². The summed E-state index contributed by atoms with van der Waals surface area (Å²) in [5.41, 5.74) is 1.29. The summed E-state index contributed by atoms with van der Waals surface area (Å²) < 4.78 is 0. The smallest absolute Gasteiger partial charge is 0.0410 e. The van der Waals surface area contributed by atoms with Gasteiger partial charge in [-0.15, -0.1) is 11.8 Å². The number of halogens is 1. The van der Waals surface area contributed by atoms with Crippen molar-refractivity contribution in [3.05, 3.63) is 28.8 Å². The Balaban J connectivity index is 2.76. The lowest BCUT2D eigenvalue weighted by Gasteiger charge is -2.10. The van der Waals surface area contributed by atoms with Gasteiger partial charge < -0.3 is 5.32 Å². The molecule has 0 unspecified atom stereocenters. The van der Waals surface area contributed by atoms with Crippen LogP contribution in [0.4, 0.5) is 0 Å². The van der Waals surface area contributed by atoms with Crippen LogP contribution in [-0.4, -0.2) is 12.8 Å². The van der Waals surface area contributed by atoms with Gasteiger partial charge in [0.25, 0.3) is 0 Å². The minimum Gasteiger partial charge on any atom is -0.316 e. The summed E-state index contributed by atoms with van der Waals surface area (Å²) in [4.78, 5) is 1.34. The first-order valence-electron chi connectivity index (χ1n) is 5.19. The summed E-state index contributed by atoms with van der Waals surface area (Å²) in [6, 6.07) is 6.12. The average Bonchev–Trinajstić information content (AvgIpc) is 2.17. The van der Waals surface area contributed by atoms with E-state index in [0.717, 1.165) is 17.3 Å². The summed E-state index contributed by atoms with van der Waals surface area (Å²) in [5.74, 6) is 1.87. The highest BCUT2D eigenvalue weighted by molar-refractivity contribution is 7.99. The second-order valence-corrected chi connectivity index (χ2v) is 5.49. The molecule has 1 aromatic carbocycles. The van der Waals surface area contributed by atoms with Gasteiger partial charge in [-0.2, -0.15) is 0 Å². The molecular weight excluding hydrogens is 226 g/mol. The van der Waals surface area contributed by atoms with Crippen LogP contribution in [0.1, 0.15) is 19.4 Å². The highest BCUT2D eigenvalue weighted by Gasteiger charge is 2.04. The van der Waals surface area contributed by atoms with Crippen molar-refractivity contribution in [3.8, 4) is 0 Å². The Kier molecular flexibility index (Phi) is 5.51. The zero-order valence-electron chi connectivity index (χ0n) is 9.51. The molecule has 0 radical (unpaired) electrons. The Labute approximate surface area is 102 Å². The molecule has 0 fully saturated rings. The van der Waals surface area contributed by atoms with E-state index in [1.165, 1.54) is 10.5 Å². The van der Waals surface area contributed by atoms with Crippen molar-refractivity contribution >= 4 is 23.4 Å². The molecule has 0 bridgehead atoms. The minimum atomic E-state index is 0.716. The summed E-state index contributed by atoms with van der Waals surface area (Å²) in [6.45, 7) is 5.35. The number of rotatable bonds is 5. The van der Waals surface area contributed by atoms with Gasteiger partial charge in [-0.25, -0.2) is 0 Å². The molecule has 1 N–H and O–H groups in total. The summed E-state index contributed by atoms with van der Waals surface area (Å²) in [6.07, 6.45) is 0. The quantitative estimate of drug-likeness (QED) is 0.790. The van der Waals surface area contributed by atoms with Crippen LogP contribution in [-0.2, 0) is 6.54 Å². The van der Waals surface area contributed by atoms with Crippen molar-refractivity contribution in [3.63, 3.8) is 0 Å². The molecule has 0 saturated heterocycles. The maximum absolute atomic E-state index is 5.98. The molecule has 1 aromatic rings. The largest absolute Gasteiger partial charge is 0.316 e. The van der Waals surface area contributed by atoms with Crippen LogP contribution >= 0.6 is 23.4 Å². The Bertz CT molecular complexity index is 312. The van der Waals surface area contributed by atoms with Crippen LogP contribution in [0, 0.1) is 5.92 Å². The van der Waals surface area contributed by atoms with Gasteiger partial charge >= 0.3 is 0 Å². The van der Waals surface area contributed by atoms with Gasteiger partial charge in [-0.1, -0.05) is 25.4 Å². The first-order valence-corrected chi connectivity index (χ1v) is 6.55. The van der Waals surface area contributed by atoms with Gasteiger partial charge in [-0.05, 0) is 36.7 Å². The fraction of sp³-hybridized carbons (Fsp3) is 0.500. The number of benzene rings is 1. The van der Waals surface area contributed by atoms with Crippen molar-refractivity contribution in [2.75, 3.05) is 12.8 Å². The molecule has 0 heterocycles. The maximum Gasteiger partial charge on any atom is 0.0410 e. The van der Waals surface area contributed by atoms with E-state index >= 15 is 0 Å². The van der Waals surface area contributed by atoms with E-state index < -0.39 is 0 Å². The second kappa shape index (κ2) is 6.41. The standard InChI is InChI=1S/C12H18ClNS/c1-9(2)8-15-12-5-4-11(13)6-10(12)7-14-3/h4-6,9,14H,7-8H2,1-3H3. The first kappa shape index (κ1) is 12.9. The van der Waals surface area contributed by atoms with Crippen LogP contribution in [0.2, 0.25) is 5.02 Å². The number of hydrogen-bond donors (Lipinski definition) is 1. The van der Waals surface area contributed by atoms with E-state index in [0.29, 0.717) is 5.92 Å². The van der Waals surface area contributed by atoms with Crippen molar-refractivity contribution < 1.29 is 0 Å². The molecule has 1 nitrogen and oxygen atoms in total. The molecule has 0 aromatic heterocycles. The molecule has 84 valence electrons. The van der Waals surface area contributed by atoms with Crippen molar-refractivity contribution in [1.82, 2.24) is 5.32 Å². The Morgan fingerprint density at radius 2 is 2.13 bits per heavy atom. The SMILES string of the molecule is CNCc1cc(Cl)ccc1SCC(C)C. The van der Waals surface area contributed by atoms with Crippen LogP contribution in [0.25, 0.3) is 0 Å². The number of hydrogen-bond acceptors (Lipinski definition) is 2. The highest BCUT2D eigenvalue weighted by atomic mass is 35.5. The summed E-state index contributed by atoms with van der Waals surface area (Å²) >= 11 is 7.88. The predicted octanol–water partition coefficient (Wildman–Crippen LogP) is 3.81. The monoisotopic (exact) mass is 243 g/mol. The average molecular weight is 244 g/mol. The van der Waals surface area contributed by atoms with Gasteiger partial charge in [0.2, 0.25) is 0 Å². The molecule has 1 rings (SSSR count). The number of nitrogens with one attached hydrogen (secondary N) is 1. The second-order valence-electron chi connectivity index (χ2n) is 3.99. The summed E-state index contributed by atoms with van der Waals surface area (Å²) in [7, 11) is 1.96. The van der Waals surface area contributed by atoms with Gasteiger partial charge in [0.15, 0.2) is 0 Å². The normalized spacial score (nSPS) is 11.0. The maximum atomic E-state index is 5.98. The first-order chi connectivity index (χ1) is 7.13. The molecule has 0 aliphatic heterocycles. The van der Waals surface area contributed by atoms with Gasteiger partial charge in [0.05, 0.1) is 0 Å². The lowest BCUT2D eigenvalue weighted by Crippen LogP contribution is -2.06. The molecule has 0 atom stereocenters. The van der Waals surface area contributed by atoms with Gasteiger partial charge in [0, 0.05) is 22.2 Å². The number of thioether (sulfide) groups is 1. The molecule has 3 heteroatoms. The van der Waals surface area contributed by atoms with Gasteiger partial charge in [0.1, 0.15) is 0 Å². The zero-order chi connectivity index (χ0) is 11.3. The third-order valence-corrected chi connectivity index (χ3v) is 3.74. The van der Waals surface area contributed by atoms with Crippen LogP contribution in [0.3, 0.4) is 0 Å². The third kappa shape index (κ3) is 4.45. The van der Waals surface area contributed by atoms with Crippen LogP contribution < -0.4 is 5.32 Å². The lowest BCUT2D eigenvalue weighted by atomic mass is 10.2. The molecule has 0 aliphatic carbocycles. The fourth-order valence-electron chi connectivity index (χ4n) is 1.27. The molecule has 0 spiro atoms. The fourth-order valence-corrected chi connectivity index (χ4v) is 2.46. The van der Waals surface area contributed by atoms with E-state index in [-0.39, 0.29) is 0 Å². The highest BCUT2D eigenvalue weighted by Crippen LogP contribution is 2.27. The molecule has 0 amide bonds. The zero-order valence-corrected chi connectivity index (χ0v) is 11.1. The Hall–Kier alpha value is -0.180. The molecule has 0 aliphatic rings. The van der Waals surface area contributed by atoms with Crippen LogP contribution in [0.5, 0.6) is 0 Å². The van der Waals surface area contributed by atoms with Crippen molar-refractivity contribution in [2.24, 2.45) is 5.92 Å². The van der Waals surface area contributed by atoms with E-state index in [4.69, 9.17) is 11.6 Å². The third-order valence-electron chi connectivity index (χ3n) is 1.96. The Morgan fingerprint density at radius 3 is 2.73 bits per heavy atom. The van der Waals surface area contributed by atoms with E-state index in [1.807, 2.05) is 30.9 Å². The molecule has 0 saturated carbocycles. The topological polar surface area (TPSA) is 12.0 Å². The van der Waals surface area contributed by atoms with E-state index in [9.17, 15) is 0 Å². The van der Waals surface area contributed by atoms with Crippen molar-refractivity contribution in [1.29, 1.82) is 0 Å². The molecule has 15 heavy (non-hydrogen) atoms. The Morgan fingerprint density at radius 1 is 1.40 bits per heavy atom. The van der Waals surface area contributed by atoms with Crippen LogP contribution in [0.15, 0.2) is 23.1 Å². The van der Waals surface area contributed by atoms with E-state index in [2.05, 4.69) is 25.2 Å². The lowest BCUT2D eigenvalue weighted by molar-refractivity contribution is 0.749. The van der Waals surface area contributed by atoms with Crippen molar-refractivity contribution in [2.45, 2.75) is 25.3 Å². The van der Waals surface area contributed by atoms with E-state index in [1.54, 1.807) is 0 Å². The predicted molar refractivity (Wildman–Crippen MR) is 69.8 cm³/mol. The summed E-state index contributed by atoms with van der Waals surface area (Å²) in [5, 5.41) is 3.98.